The van der Waals surface area contributed by atoms with Gasteiger partial charge in [-0.05, 0) is 68.5 Å². The second-order valence-corrected chi connectivity index (χ2v) is 8.39. The van der Waals surface area contributed by atoms with Crippen molar-refractivity contribution in [1.82, 2.24) is 9.78 Å². The largest absolute Gasteiger partial charge is 0.393 e. The van der Waals surface area contributed by atoms with Crippen LogP contribution in [0, 0.1) is 6.92 Å². The van der Waals surface area contributed by atoms with Crippen LogP contribution in [0.3, 0.4) is 0 Å². The highest BCUT2D eigenvalue weighted by Gasteiger charge is 2.37. The summed E-state index contributed by atoms with van der Waals surface area (Å²) >= 11 is 12.6. The van der Waals surface area contributed by atoms with Gasteiger partial charge in [-0.15, -0.1) is 0 Å². The van der Waals surface area contributed by atoms with Gasteiger partial charge in [0.1, 0.15) is 5.60 Å². The molecule has 2 N–H and O–H groups in total. The highest BCUT2D eigenvalue weighted by molar-refractivity contribution is 6.32. The van der Waals surface area contributed by atoms with Crippen LogP contribution in [0.4, 0.5) is 0 Å². The first kappa shape index (κ1) is 19.5. The molecule has 28 heavy (non-hydrogen) atoms. The van der Waals surface area contributed by atoms with Crippen LogP contribution < -0.4 is 0 Å². The number of aliphatic hydroxyl groups is 2. The zero-order chi connectivity index (χ0) is 19.9. The molecule has 0 saturated heterocycles. The van der Waals surface area contributed by atoms with Gasteiger partial charge in [-0.2, -0.15) is 5.10 Å². The van der Waals surface area contributed by atoms with Crippen molar-refractivity contribution < 1.29 is 10.2 Å². The highest BCUT2D eigenvalue weighted by atomic mass is 35.5. The minimum atomic E-state index is -1.05. The minimum absolute atomic E-state index is 0.357. The Morgan fingerprint density at radius 2 is 1.71 bits per heavy atom. The lowest BCUT2D eigenvalue weighted by Gasteiger charge is -2.32. The van der Waals surface area contributed by atoms with Gasteiger partial charge in [0.05, 0.1) is 28.2 Å². The van der Waals surface area contributed by atoms with Crippen LogP contribution in [0.1, 0.15) is 36.9 Å². The van der Waals surface area contributed by atoms with Crippen LogP contribution in [0.15, 0.2) is 48.5 Å². The lowest BCUT2D eigenvalue weighted by atomic mass is 9.81. The molecule has 0 unspecified atom stereocenters. The molecule has 1 saturated carbocycles. The summed E-state index contributed by atoms with van der Waals surface area (Å²) in [4.78, 5) is 0. The van der Waals surface area contributed by atoms with Gasteiger partial charge in [-0.3, -0.25) is 0 Å². The number of halogens is 2. The van der Waals surface area contributed by atoms with Crippen molar-refractivity contribution in [3.05, 3.63) is 69.8 Å². The van der Waals surface area contributed by atoms with E-state index >= 15 is 0 Å². The third-order valence-corrected chi connectivity index (χ3v) is 5.99. The predicted octanol–water partition coefficient (Wildman–Crippen LogP) is 5.28. The van der Waals surface area contributed by atoms with Crippen molar-refractivity contribution in [3.8, 4) is 16.9 Å². The summed E-state index contributed by atoms with van der Waals surface area (Å²) in [7, 11) is 0. The number of nitrogens with zero attached hydrogens (tertiary/aromatic N) is 2. The summed E-state index contributed by atoms with van der Waals surface area (Å²) < 4.78 is 1.78. The van der Waals surface area contributed by atoms with Gasteiger partial charge in [0.2, 0.25) is 0 Å². The van der Waals surface area contributed by atoms with Crippen molar-refractivity contribution in [2.24, 2.45) is 0 Å². The van der Waals surface area contributed by atoms with E-state index in [9.17, 15) is 10.2 Å². The molecule has 0 aliphatic heterocycles. The maximum atomic E-state index is 11.2. The smallest absolute Gasteiger partial charge is 0.109 e. The normalized spacial score (nSPS) is 22.4. The third kappa shape index (κ3) is 3.70. The topological polar surface area (TPSA) is 58.3 Å². The maximum absolute atomic E-state index is 11.2. The van der Waals surface area contributed by atoms with Crippen LogP contribution in [-0.2, 0) is 5.60 Å². The van der Waals surface area contributed by atoms with Crippen molar-refractivity contribution in [3.63, 3.8) is 0 Å². The summed E-state index contributed by atoms with van der Waals surface area (Å²) in [6.45, 7) is 1.99. The van der Waals surface area contributed by atoms with Crippen LogP contribution in [-0.4, -0.2) is 26.1 Å². The Labute approximate surface area is 174 Å². The summed E-state index contributed by atoms with van der Waals surface area (Å²) in [6.07, 6.45) is 1.72. The Kier molecular flexibility index (Phi) is 5.23. The molecule has 0 amide bonds. The molecule has 1 fully saturated rings. The Bertz CT molecular complexity index is 990. The average molecular weight is 417 g/mol. The fourth-order valence-corrected chi connectivity index (χ4v) is 4.18. The van der Waals surface area contributed by atoms with Crippen molar-refractivity contribution in [1.29, 1.82) is 0 Å². The van der Waals surface area contributed by atoms with E-state index in [1.165, 1.54) is 0 Å². The van der Waals surface area contributed by atoms with E-state index in [0.29, 0.717) is 41.4 Å². The Hall–Kier alpha value is -1.85. The first-order valence-corrected chi connectivity index (χ1v) is 10.1. The van der Waals surface area contributed by atoms with Crippen molar-refractivity contribution in [2.75, 3.05) is 0 Å². The lowest BCUT2D eigenvalue weighted by Crippen LogP contribution is -2.33. The standard InChI is InChI=1S/C22H22Cl2N2O2/c1-14-2-7-19(18(24)12-14)26-20(15-3-5-16(23)6-4-15)13-21(25-26)22(28)10-8-17(27)9-11-22/h2-7,12-13,17,27-28H,8-11H2,1H3. The second kappa shape index (κ2) is 7.53. The molecule has 1 aromatic heterocycles. The molecule has 3 aromatic rings. The number of aryl methyl sites for hydroxylation is 1. The molecular weight excluding hydrogens is 395 g/mol. The SMILES string of the molecule is Cc1ccc(-n2nc(C3(O)CCC(O)CC3)cc2-c2ccc(Cl)cc2)c(Cl)c1. The molecule has 146 valence electrons. The molecule has 4 rings (SSSR count). The summed E-state index contributed by atoms with van der Waals surface area (Å²) in [5, 5.41) is 27.0. The quantitative estimate of drug-likeness (QED) is 0.610. The highest BCUT2D eigenvalue weighted by Crippen LogP contribution is 2.39. The van der Waals surface area contributed by atoms with Gasteiger partial charge in [-0.1, -0.05) is 41.4 Å². The van der Waals surface area contributed by atoms with E-state index in [2.05, 4.69) is 0 Å². The molecule has 1 heterocycles. The fraction of sp³-hybridized carbons (Fsp3) is 0.318. The van der Waals surface area contributed by atoms with Gasteiger partial charge < -0.3 is 10.2 Å². The second-order valence-electron chi connectivity index (χ2n) is 7.55. The zero-order valence-corrected chi connectivity index (χ0v) is 17.1. The van der Waals surface area contributed by atoms with Gasteiger partial charge in [-0.25, -0.2) is 4.68 Å². The van der Waals surface area contributed by atoms with Crippen LogP contribution in [0.5, 0.6) is 0 Å². The number of aliphatic hydroxyl groups excluding tert-OH is 1. The van der Waals surface area contributed by atoms with Gasteiger partial charge >= 0.3 is 0 Å². The first-order valence-electron chi connectivity index (χ1n) is 9.39. The fourth-order valence-electron chi connectivity index (χ4n) is 3.74. The Balaban J connectivity index is 1.85. The van der Waals surface area contributed by atoms with Gasteiger partial charge in [0, 0.05) is 10.6 Å². The van der Waals surface area contributed by atoms with E-state index in [4.69, 9.17) is 28.3 Å². The van der Waals surface area contributed by atoms with Gasteiger partial charge in [0.15, 0.2) is 0 Å². The predicted molar refractivity (Wildman–Crippen MR) is 112 cm³/mol. The number of benzene rings is 2. The molecule has 2 aromatic carbocycles. The first-order chi connectivity index (χ1) is 13.4. The number of rotatable bonds is 3. The van der Waals surface area contributed by atoms with E-state index in [0.717, 1.165) is 22.5 Å². The van der Waals surface area contributed by atoms with Crippen LogP contribution >= 0.6 is 23.2 Å². The minimum Gasteiger partial charge on any atom is -0.393 e. The molecule has 1 aliphatic rings. The molecule has 0 radical (unpaired) electrons. The monoisotopic (exact) mass is 416 g/mol. The molecule has 0 spiro atoms. The van der Waals surface area contributed by atoms with E-state index in [-0.39, 0.29) is 6.10 Å². The van der Waals surface area contributed by atoms with Gasteiger partial charge in [0.25, 0.3) is 0 Å². The van der Waals surface area contributed by atoms with E-state index < -0.39 is 5.60 Å². The summed E-state index contributed by atoms with van der Waals surface area (Å²) in [6, 6.07) is 15.2. The lowest BCUT2D eigenvalue weighted by molar-refractivity contribution is -0.0393. The van der Waals surface area contributed by atoms with Crippen LogP contribution in [0.25, 0.3) is 16.9 Å². The van der Waals surface area contributed by atoms with E-state index in [1.54, 1.807) is 4.68 Å². The molecule has 4 nitrogen and oxygen atoms in total. The van der Waals surface area contributed by atoms with Crippen molar-refractivity contribution >= 4 is 23.2 Å². The molecule has 1 aliphatic carbocycles. The summed E-state index contributed by atoms with van der Waals surface area (Å²) in [5.74, 6) is 0. The maximum Gasteiger partial charge on any atom is 0.109 e. The van der Waals surface area contributed by atoms with Crippen LogP contribution in [0.2, 0.25) is 10.0 Å². The molecule has 0 bridgehead atoms. The number of aromatic nitrogens is 2. The summed E-state index contributed by atoms with van der Waals surface area (Å²) in [5.41, 5.74) is 3.12. The molecular formula is C22H22Cl2N2O2. The van der Waals surface area contributed by atoms with Crippen molar-refractivity contribution in [2.45, 2.75) is 44.3 Å². The Morgan fingerprint density at radius 1 is 1.04 bits per heavy atom. The molecule has 0 atom stereocenters. The number of hydrogen-bond donors (Lipinski definition) is 2. The third-order valence-electron chi connectivity index (χ3n) is 5.44. The zero-order valence-electron chi connectivity index (χ0n) is 15.6. The average Bonchev–Trinajstić information content (AvgIpc) is 3.11. The molecule has 6 heteroatoms. The Morgan fingerprint density at radius 3 is 2.36 bits per heavy atom. The number of hydrogen-bond acceptors (Lipinski definition) is 3. The van der Waals surface area contributed by atoms with E-state index in [1.807, 2.05) is 55.5 Å².